The Morgan fingerprint density at radius 3 is 2.83 bits per heavy atom. The molecule has 1 aromatic carbocycles. The molecule has 2 aromatic rings. The zero-order valence-electron chi connectivity index (χ0n) is 10.7. The first-order valence-corrected chi connectivity index (χ1v) is 6.20. The van der Waals surface area contributed by atoms with E-state index >= 15 is 0 Å². The highest BCUT2D eigenvalue weighted by atomic mass is 19.1. The summed E-state index contributed by atoms with van der Waals surface area (Å²) in [6.45, 7) is 4.80. The molecule has 0 saturated heterocycles. The molecule has 1 atom stereocenters. The molecule has 96 valence electrons. The number of nitrogens with zero attached hydrogens (tertiary/aromatic N) is 2. The maximum atomic E-state index is 13.4. The van der Waals surface area contributed by atoms with E-state index in [1.54, 1.807) is 12.3 Å². The molecule has 2 N–H and O–H groups in total. The van der Waals surface area contributed by atoms with E-state index in [-0.39, 0.29) is 11.9 Å². The van der Waals surface area contributed by atoms with Crippen molar-refractivity contribution >= 4 is 0 Å². The van der Waals surface area contributed by atoms with Crippen molar-refractivity contribution in [1.82, 2.24) is 9.78 Å². The summed E-state index contributed by atoms with van der Waals surface area (Å²) in [7, 11) is 0. The Bertz CT molecular complexity index is 532. The molecule has 0 amide bonds. The van der Waals surface area contributed by atoms with Gasteiger partial charge < -0.3 is 5.73 Å². The van der Waals surface area contributed by atoms with E-state index in [0.29, 0.717) is 0 Å². The van der Waals surface area contributed by atoms with Crippen LogP contribution in [0.25, 0.3) is 11.3 Å². The van der Waals surface area contributed by atoms with Crippen molar-refractivity contribution in [3.05, 3.63) is 41.8 Å². The normalized spacial score (nSPS) is 12.7. The number of aryl methyl sites for hydroxylation is 1. The second-order valence-electron chi connectivity index (χ2n) is 4.46. The Morgan fingerprint density at radius 2 is 2.17 bits per heavy atom. The zero-order chi connectivity index (χ0) is 13.1. The quantitative estimate of drug-likeness (QED) is 0.902. The van der Waals surface area contributed by atoms with Gasteiger partial charge in [-0.2, -0.15) is 5.10 Å². The first-order valence-electron chi connectivity index (χ1n) is 6.20. The summed E-state index contributed by atoms with van der Waals surface area (Å²) in [5.74, 6) is -0.251. The van der Waals surface area contributed by atoms with Gasteiger partial charge in [0.1, 0.15) is 5.82 Å². The van der Waals surface area contributed by atoms with Gasteiger partial charge in [-0.25, -0.2) is 4.39 Å². The summed E-state index contributed by atoms with van der Waals surface area (Å²) >= 11 is 0. The van der Waals surface area contributed by atoms with Gasteiger partial charge in [0.25, 0.3) is 0 Å². The molecular weight excluding hydrogens is 229 g/mol. The van der Waals surface area contributed by atoms with Crippen molar-refractivity contribution in [1.29, 1.82) is 0 Å². The number of rotatable bonds is 4. The Hall–Kier alpha value is -1.68. The van der Waals surface area contributed by atoms with Crippen LogP contribution in [-0.4, -0.2) is 9.78 Å². The van der Waals surface area contributed by atoms with Crippen LogP contribution in [0.5, 0.6) is 0 Å². The number of halogens is 1. The van der Waals surface area contributed by atoms with Crippen LogP contribution in [-0.2, 0) is 6.54 Å². The lowest BCUT2D eigenvalue weighted by molar-refractivity contribution is 0.605. The van der Waals surface area contributed by atoms with Gasteiger partial charge in [0.15, 0.2) is 0 Å². The molecule has 0 radical (unpaired) electrons. The molecule has 0 bridgehead atoms. The molecular formula is C14H18FN3. The number of benzene rings is 1. The van der Waals surface area contributed by atoms with Gasteiger partial charge in [-0.3, -0.25) is 4.68 Å². The minimum absolute atomic E-state index is 0.134. The minimum atomic E-state index is -0.251. The fraction of sp³-hybridized carbons (Fsp3) is 0.357. The van der Waals surface area contributed by atoms with Gasteiger partial charge in [0, 0.05) is 24.3 Å². The fourth-order valence-corrected chi connectivity index (χ4v) is 2.10. The van der Waals surface area contributed by atoms with Gasteiger partial charge in [-0.1, -0.05) is 13.0 Å². The lowest BCUT2D eigenvalue weighted by Crippen LogP contribution is -2.09. The molecule has 2 rings (SSSR count). The van der Waals surface area contributed by atoms with E-state index in [4.69, 9.17) is 5.73 Å². The van der Waals surface area contributed by atoms with E-state index in [9.17, 15) is 4.39 Å². The Morgan fingerprint density at radius 1 is 1.39 bits per heavy atom. The number of nitrogens with two attached hydrogens (primary N) is 1. The van der Waals surface area contributed by atoms with Gasteiger partial charge in [0.05, 0.1) is 5.69 Å². The van der Waals surface area contributed by atoms with Crippen molar-refractivity contribution in [2.45, 2.75) is 32.9 Å². The van der Waals surface area contributed by atoms with Crippen molar-refractivity contribution in [3.8, 4) is 11.3 Å². The standard InChI is InChI=1S/C14H18FN3/c1-3-8-18-14(6-7-17-18)13-9-11(15)4-5-12(13)10(2)16/h4-7,9-10H,3,8,16H2,1-2H3. The van der Waals surface area contributed by atoms with Crippen molar-refractivity contribution in [2.75, 3.05) is 0 Å². The number of aromatic nitrogens is 2. The molecule has 0 aliphatic heterocycles. The monoisotopic (exact) mass is 247 g/mol. The maximum Gasteiger partial charge on any atom is 0.123 e. The Kier molecular flexibility index (Phi) is 3.77. The molecule has 0 spiro atoms. The van der Waals surface area contributed by atoms with Gasteiger partial charge in [0.2, 0.25) is 0 Å². The van der Waals surface area contributed by atoms with Crippen LogP contribution in [0.2, 0.25) is 0 Å². The van der Waals surface area contributed by atoms with Crippen LogP contribution in [0, 0.1) is 5.82 Å². The zero-order valence-corrected chi connectivity index (χ0v) is 10.7. The lowest BCUT2D eigenvalue weighted by atomic mass is 9.99. The SMILES string of the molecule is CCCn1nccc1-c1cc(F)ccc1C(C)N. The van der Waals surface area contributed by atoms with Crippen LogP contribution in [0.15, 0.2) is 30.5 Å². The third kappa shape index (κ3) is 2.43. The molecule has 0 aliphatic carbocycles. The van der Waals surface area contributed by atoms with Crippen LogP contribution >= 0.6 is 0 Å². The largest absolute Gasteiger partial charge is 0.324 e. The molecule has 1 unspecified atom stereocenters. The summed E-state index contributed by atoms with van der Waals surface area (Å²) in [6, 6.07) is 6.49. The number of hydrogen-bond acceptors (Lipinski definition) is 2. The van der Waals surface area contributed by atoms with Crippen molar-refractivity contribution in [3.63, 3.8) is 0 Å². The fourth-order valence-electron chi connectivity index (χ4n) is 2.10. The first-order chi connectivity index (χ1) is 8.63. The lowest BCUT2D eigenvalue weighted by Gasteiger charge is -2.14. The highest BCUT2D eigenvalue weighted by Crippen LogP contribution is 2.28. The molecule has 0 fully saturated rings. The van der Waals surface area contributed by atoms with Gasteiger partial charge in [-0.05, 0) is 37.1 Å². The van der Waals surface area contributed by atoms with Crippen molar-refractivity contribution < 1.29 is 4.39 Å². The third-order valence-electron chi connectivity index (χ3n) is 2.93. The molecule has 0 saturated carbocycles. The second kappa shape index (κ2) is 5.31. The first kappa shape index (κ1) is 12.8. The Balaban J connectivity index is 2.54. The van der Waals surface area contributed by atoms with Crippen molar-refractivity contribution in [2.24, 2.45) is 5.73 Å². The number of hydrogen-bond donors (Lipinski definition) is 1. The average Bonchev–Trinajstić information content (AvgIpc) is 2.77. The van der Waals surface area contributed by atoms with Crippen LogP contribution in [0.3, 0.4) is 0 Å². The molecule has 3 nitrogen and oxygen atoms in total. The van der Waals surface area contributed by atoms with Gasteiger partial charge in [-0.15, -0.1) is 0 Å². The average molecular weight is 247 g/mol. The van der Waals surface area contributed by atoms with Crippen LogP contribution in [0.4, 0.5) is 4.39 Å². The smallest absolute Gasteiger partial charge is 0.123 e. The minimum Gasteiger partial charge on any atom is -0.324 e. The molecule has 4 heteroatoms. The van der Waals surface area contributed by atoms with E-state index in [1.165, 1.54) is 12.1 Å². The van der Waals surface area contributed by atoms with E-state index in [1.807, 2.05) is 17.7 Å². The molecule has 1 aromatic heterocycles. The summed E-state index contributed by atoms with van der Waals surface area (Å²) in [4.78, 5) is 0. The summed E-state index contributed by atoms with van der Waals surface area (Å²) in [5.41, 5.74) is 8.63. The molecule has 0 aliphatic rings. The second-order valence-corrected chi connectivity index (χ2v) is 4.46. The highest BCUT2D eigenvalue weighted by Gasteiger charge is 2.13. The van der Waals surface area contributed by atoms with E-state index in [0.717, 1.165) is 29.8 Å². The van der Waals surface area contributed by atoms with Crippen LogP contribution < -0.4 is 5.73 Å². The summed E-state index contributed by atoms with van der Waals surface area (Å²) < 4.78 is 15.3. The van der Waals surface area contributed by atoms with Gasteiger partial charge >= 0.3 is 0 Å². The van der Waals surface area contributed by atoms with E-state index in [2.05, 4.69) is 12.0 Å². The molecule has 18 heavy (non-hydrogen) atoms. The van der Waals surface area contributed by atoms with E-state index < -0.39 is 0 Å². The predicted molar refractivity (Wildman–Crippen MR) is 70.5 cm³/mol. The predicted octanol–water partition coefficient (Wildman–Crippen LogP) is 3.12. The van der Waals surface area contributed by atoms with Crippen LogP contribution in [0.1, 0.15) is 31.9 Å². The highest BCUT2D eigenvalue weighted by molar-refractivity contribution is 5.64. The Labute approximate surface area is 106 Å². The summed E-state index contributed by atoms with van der Waals surface area (Å²) in [6.07, 6.45) is 2.72. The third-order valence-corrected chi connectivity index (χ3v) is 2.93. The molecule has 1 heterocycles. The topological polar surface area (TPSA) is 43.8 Å². The maximum absolute atomic E-state index is 13.4. The summed E-state index contributed by atoms with van der Waals surface area (Å²) in [5, 5.41) is 4.27.